The van der Waals surface area contributed by atoms with Gasteiger partial charge in [-0.25, -0.2) is 32.5 Å². The SMILES string of the molecule is CCN(C)S(=O)(=O)Nc1ccc(F)c(C(=O)c2c[nH]c3ncc(-c4cnc(N5CCN(C(=O)CN6CCC(c7c(F)cc(OC8CCC(=O)NC8=O)cc7F)CC6)CC5)nc4)cc23)c1F. The predicted octanol–water partition coefficient (Wildman–Crippen LogP) is 4.13. The van der Waals surface area contributed by atoms with Gasteiger partial charge in [-0.1, -0.05) is 6.92 Å². The third-order valence-electron chi connectivity index (χ3n) is 11.9. The molecule has 3 saturated heterocycles. The van der Waals surface area contributed by atoms with Crippen molar-refractivity contribution in [2.45, 2.75) is 44.6 Å². The van der Waals surface area contributed by atoms with Gasteiger partial charge in [0.2, 0.25) is 23.5 Å². The number of anilines is 2. The van der Waals surface area contributed by atoms with Crippen LogP contribution in [0.5, 0.6) is 5.75 Å². The van der Waals surface area contributed by atoms with E-state index in [1.54, 1.807) is 30.3 Å². The van der Waals surface area contributed by atoms with E-state index in [1.807, 2.05) is 9.80 Å². The molecule has 3 aliphatic rings. The minimum absolute atomic E-state index is 0.0569. The first-order valence-corrected chi connectivity index (χ1v) is 22.3. The van der Waals surface area contributed by atoms with Crippen molar-refractivity contribution < 1.29 is 49.9 Å². The fourth-order valence-electron chi connectivity index (χ4n) is 8.14. The summed E-state index contributed by atoms with van der Waals surface area (Å²) in [5.41, 5.74) is -0.373. The number of amides is 3. The second-order valence-electron chi connectivity index (χ2n) is 16.0. The average Bonchev–Trinajstić information content (AvgIpc) is 3.72. The number of fused-ring (bicyclic) bond motifs is 1. The molecule has 3 aromatic heterocycles. The van der Waals surface area contributed by atoms with E-state index in [0.29, 0.717) is 69.2 Å². The number of piperidine rings is 2. The Balaban J connectivity index is 0.845. The number of halogens is 4. The summed E-state index contributed by atoms with van der Waals surface area (Å²) >= 11 is 0. The van der Waals surface area contributed by atoms with Crippen LogP contribution in [0.25, 0.3) is 22.2 Å². The van der Waals surface area contributed by atoms with Gasteiger partial charge in [0.25, 0.3) is 5.91 Å². The van der Waals surface area contributed by atoms with Crippen molar-refractivity contribution in [3.63, 3.8) is 0 Å². The number of aromatic amines is 1. The summed E-state index contributed by atoms with van der Waals surface area (Å²) in [6.07, 6.45) is 5.97. The molecule has 3 amide bonds. The van der Waals surface area contributed by atoms with Crippen LogP contribution in [-0.4, -0.2) is 131 Å². The molecule has 22 heteroatoms. The zero-order valence-corrected chi connectivity index (χ0v) is 36.1. The van der Waals surface area contributed by atoms with E-state index < -0.39 is 74.3 Å². The van der Waals surface area contributed by atoms with Crippen molar-refractivity contribution in [2.24, 2.45) is 0 Å². The molecule has 17 nitrogen and oxygen atoms in total. The number of carbonyl (C=O) groups excluding carboxylic acids is 4. The van der Waals surface area contributed by atoms with E-state index in [0.717, 1.165) is 28.6 Å². The molecule has 0 aliphatic carbocycles. The number of nitrogens with zero attached hydrogens (tertiary/aromatic N) is 7. The standard InChI is InChI=1S/C43H44F4N10O7S/c1-3-54(2)65(62,63)53-33-5-4-30(44)38(39(33)47)40(60)29-22-49-41-28(29)16-25(19-48-41)26-20-50-43(51-21-26)57-14-12-56(13-15-57)36(59)23-55-10-8-24(9-11-55)37-31(45)17-27(18-32(37)46)64-34-6-7-35(58)52-42(34)61/h4-5,16-22,24,34,53H,3,6-15,23H2,1-2H3,(H,48,49)(H,52,58,61). The van der Waals surface area contributed by atoms with Gasteiger partial charge in [0.1, 0.15) is 28.8 Å². The number of pyridine rings is 1. The van der Waals surface area contributed by atoms with Crippen LogP contribution >= 0.6 is 0 Å². The van der Waals surface area contributed by atoms with E-state index in [-0.39, 0.29) is 59.7 Å². The number of carbonyl (C=O) groups is 4. The number of nitrogens with one attached hydrogen (secondary N) is 3. The Morgan fingerprint density at radius 3 is 2.23 bits per heavy atom. The molecule has 2 aromatic carbocycles. The Hall–Kier alpha value is -6.52. The van der Waals surface area contributed by atoms with Gasteiger partial charge in [-0.05, 0) is 50.0 Å². The summed E-state index contributed by atoms with van der Waals surface area (Å²) in [7, 11) is -2.89. The van der Waals surface area contributed by atoms with Crippen LogP contribution in [0.2, 0.25) is 0 Å². The summed E-state index contributed by atoms with van der Waals surface area (Å²) in [4.78, 5) is 72.3. The lowest BCUT2D eigenvalue weighted by atomic mass is 9.88. The normalized spacial score (nSPS) is 17.7. The Morgan fingerprint density at radius 2 is 1.57 bits per heavy atom. The number of likely N-dealkylation sites (tertiary alicyclic amines) is 1. The number of H-pyrrole nitrogens is 1. The summed E-state index contributed by atoms with van der Waals surface area (Å²) in [5.74, 6) is -6.39. The smallest absolute Gasteiger partial charge is 0.301 e. The highest BCUT2D eigenvalue weighted by Crippen LogP contribution is 2.35. The van der Waals surface area contributed by atoms with Crippen molar-refractivity contribution in [1.82, 2.24) is 39.4 Å². The summed E-state index contributed by atoms with van der Waals surface area (Å²) in [5, 5.41) is 2.41. The Labute approximate surface area is 370 Å². The quantitative estimate of drug-likeness (QED) is 0.0868. The van der Waals surface area contributed by atoms with Gasteiger partial charge in [0.05, 0.1) is 17.8 Å². The molecule has 3 aliphatic heterocycles. The molecule has 0 bridgehead atoms. The van der Waals surface area contributed by atoms with Crippen LogP contribution < -0.4 is 19.7 Å². The Morgan fingerprint density at radius 1 is 0.892 bits per heavy atom. The molecule has 6 heterocycles. The number of rotatable bonds is 13. The summed E-state index contributed by atoms with van der Waals surface area (Å²) < 4.78 is 94.6. The molecule has 1 atom stereocenters. The van der Waals surface area contributed by atoms with Gasteiger partial charge in [-0.3, -0.25) is 34.1 Å². The largest absolute Gasteiger partial charge is 0.480 e. The molecule has 65 heavy (non-hydrogen) atoms. The Kier molecular flexibility index (Phi) is 12.8. The summed E-state index contributed by atoms with van der Waals surface area (Å²) in [6.45, 7) is 4.49. The number of benzene rings is 2. The van der Waals surface area contributed by atoms with Crippen LogP contribution in [0.15, 0.2) is 55.1 Å². The van der Waals surface area contributed by atoms with Crippen LogP contribution in [0.1, 0.15) is 60.0 Å². The van der Waals surface area contributed by atoms with Gasteiger partial charge in [-0.2, -0.15) is 12.7 Å². The second-order valence-corrected chi connectivity index (χ2v) is 17.8. The van der Waals surface area contributed by atoms with Crippen molar-refractivity contribution in [2.75, 3.05) is 69.0 Å². The number of ether oxygens (including phenoxy) is 1. The van der Waals surface area contributed by atoms with E-state index in [9.17, 15) is 27.6 Å². The third-order valence-corrected chi connectivity index (χ3v) is 13.5. The van der Waals surface area contributed by atoms with Gasteiger partial charge >= 0.3 is 10.2 Å². The molecular formula is C43H44F4N10O7S. The molecule has 0 saturated carbocycles. The molecule has 1 unspecified atom stereocenters. The van der Waals surface area contributed by atoms with Crippen LogP contribution in [0.3, 0.4) is 0 Å². The lowest BCUT2D eigenvalue weighted by molar-refractivity contribution is -0.139. The van der Waals surface area contributed by atoms with Gasteiger partial charge in [0, 0.05) is 117 Å². The molecule has 0 radical (unpaired) electrons. The van der Waals surface area contributed by atoms with E-state index >= 15 is 17.6 Å². The highest BCUT2D eigenvalue weighted by Gasteiger charge is 2.32. The lowest BCUT2D eigenvalue weighted by Crippen LogP contribution is -2.52. The van der Waals surface area contributed by atoms with Gasteiger partial charge in [0.15, 0.2) is 11.9 Å². The molecule has 0 spiro atoms. The number of piperazine rings is 1. The monoisotopic (exact) mass is 920 g/mol. The van der Waals surface area contributed by atoms with E-state index in [1.165, 1.54) is 19.4 Å². The number of imide groups is 1. The van der Waals surface area contributed by atoms with Crippen molar-refractivity contribution in [1.29, 1.82) is 0 Å². The minimum Gasteiger partial charge on any atom is -0.480 e. The fraction of sp³-hybridized carbons (Fsp3) is 0.372. The first-order chi connectivity index (χ1) is 31.1. The van der Waals surface area contributed by atoms with E-state index in [4.69, 9.17) is 4.74 Å². The first-order valence-electron chi connectivity index (χ1n) is 20.9. The average molecular weight is 921 g/mol. The Bertz CT molecular complexity index is 2760. The minimum atomic E-state index is -4.17. The highest BCUT2D eigenvalue weighted by atomic mass is 32.2. The van der Waals surface area contributed by atoms with Crippen molar-refractivity contribution in [3.05, 3.63) is 95.1 Å². The number of aromatic nitrogens is 4. The zero-order valence-electron chi connectivity index (χ0n) is 35.2. The van der Waals surface area contributed by atoms with E-state index in [2.05, 4.69) is 30.0 Å². The molecular weight excluding hydrogens is 877 g/mol. The maximum absolute atomic E-state index is 15.6. The number of hydrogen-bond acceptors (Lipinski definition) is 12. The number of ketones is 1. The maximum atomic E-state index is 15.6. The number of hydrogen-bond donors (Lipinski definition) is 3. The second kappa shape index (κ2) is 18.5. The summed E-state index contributed by atoms with van der Waals surface area (Å²) in [6, 6.07) is 5.44. The maximum Gasteiger partial charge on any atom is 0.301 e. The fourth-order valence-corrected chi connectivity index (χ4v) is 9.07. The molecule has 342 valence electrons. The molecule has 5 aromatic rings. The highest BCUT2D eigenvalue weighted by molar-refractivity contribution is 7.90. The van der Waals surface area contributed by atoms with Crippen LogP contribution in [-0.2, 0) is 24.6 Å². The first kappa shape index (κ1) is 45.1. The topological polar surface area (TPSA) is 203 Å². The van der Waals surface area contributed by atoms with Gasteiger partial charge in [-0.15, -0.1) is 0 Å². The van der Waals surface area contributed by atoms with Crippen molar-refractivity contribution in [3.8, 4) is 16.9 Å². The van der Waals surface area contributed by atoms with Crippen molar-refractivity contribution >= 4 is 56.4 Å². The molecule has 3 fully saturated rings. The third kappa shape index (κ3) is 9.50. The predicted molar refractivity (Wildman–Crippen MR) is 228 cm³/mol. The zero-order chi connectivity index (χ0) is 46.2. The lowest BCUT2D eigenvalue weighted by Gasteiger charge is -2.37. The molecule has 8 rings (SSSR count). The van der Waals surface area contributed by atoms with Gasteiger partial charge < -0.3 is 19.5 Å². The van der Waals surface area contributed by atoms with Crippen LogP contribution in [0, 0.1) is 23.3 Å². The van der Waals surface area contributed by atoms with Crippen LogP contribution in [0.4, 0.5) is 29.2 Å². The molecule has 3 N–H and O–H groups in total.